The highest BCUT2D eigenvalue weighted by Gasteiger charge is 2.57. The quantitative estimate of drug-likeness (QED) is 0.655. The van der Waals surface area contributed by atoms with E-state index in [0.29, 0.717) is 43.2 Å². The fourth-order valence-electron chi connectivity index (χ4n) is 3.77. The maximum atomic E-state index is 13.4. The van der Waals surface area contributed by atoms with Crippen LogP contribution in [-0.2, 0) is 9.59 Å². The van der Waals surface area contributed by atoms with Crippen LogP contribution in [0.4, 0.5) is 11.4 Å². The topological polar surface area (TPSA) is 67.9 Å². The summed E-state index contributed by atoms with van der Waals surface area (Å²) in [6.07, 6.45) is 2.62. The zero-order valence-corrected chi connectivity index (χ0v) is 18.1. The van der Waals surface area contributed by atoms with Gasteiger partial charge in [-0.25, -0.2) is 0 Å². The first-order valence-corrected chi connectivity index (χ1v) is 11.2. The molecule has 1 unspecified atom stereocenters. The Bertz CT molecular complexity index is 964. The van der Waals surface area contributed by atoms with Gasteiger partial charge in [-0.05, 0) is 43.5 Å². The van der Waals surface area contributed by atoms with E-state index in [4.69, 9.17) is 9.47 Å². The molecule has 0 aliphatic carbocycles. The predicted octanol–water partition coefficient (Wildman–Crippen LogP) is 4.83. The first kappa shape index (κ1) is 20.6. The van der Waals surface area contributed by atoms with Crippen LogP contribution in [0.2, 0.25) is 0 Å². The standard InChI is InChI=1S/C23H26N2O4S/c1-3-13-28-18-10-9-16(15-19(18)29-14-4-2)24-22(27)23-12-11-21(26)25(23)17-7-5-6-8-20(17)30-23/h5-10,15H,3-4,11-14H2,1-2H3,(H,24,27). The van der Waals surface area contributed by atoms with E-state index in [1.165, 1.54) is 11.8 Å². The molecule has 30 heavy (non-hydrogen) atoms. The van der Waals surface area contributed by atoms with Crippen molar-refractivity contribution in [3.63, 3.8) is 0 Å². The number of anilines is 2. The first-order chi connectivity index (χ1) is 14.6. The summed E-state index contributed by atoms with van der Waals surface area (Å²) in [7, 11) is 0. The van der Waals surface area contributed by atoms with E-state index in [1.54, 1.807) is 11.0 Å². The van der Waals surface area contributed by atoms with Crippen LogP contribution < -0.4 is 19.7 Å². The van der Waals surface area contributed by atoms with E-state index in [9.17, 15) is 9.59 Å². The lowest BCUT2D eigenvalue weighted by atomic mass is 10.1. The summed E-state index contributed by atoms with van der Waals surface area (Å²) in [6, 6.07) is 13.1. The molecule has 2 aromatic rings. The van der Waals surface area contributed by atoms with Crippen molar-refractivity contribution in [3.8, 4) is 11.5 Å². The van der Waals surface area contributed by atoms with Gasteiger partial charge in [0.15, 0.2) is 16.4 Å². The fourth-order valence-corrected chi connectivity index (χ4v) is 5.18. The molecule has 1 atom stereocenters. The molecule has 2 aliphatic heterocycles. The summed E-state index contributed by atoms with van der Waals surface area (Å²) in [5, 5.41) is 3.01. The molecule has 0 spiro atoms. The average molecular weight is 427 g/mol. The van der Waals surface area contributed by atoms with Gasteiger partial charge in [-0.15, -0.1) is 0 Å². The number of hydrogen-bond acceptors (Lipinski definition) is 5. The number of carbonyl (C=O) groups is 2. The molecule has 1 fully saturated rings. The smallest absolute Gasteiger partial charge is 0.261 e. The summed E-state index contributed by atoms with van der Waals surface area (Å²) in [4.78, 5) is 27.7. The van der Waals surface area contributed by atoms with Crippen molar-refractivity contribution in [3.05, 3.63) is 42.5 Å². The third kappa shape index (κ3) is 3.62. The van der Waals surface area contributed by atoms with E-state index < -0.39 is 4.87 Å². The van der Waals surface area contributed by atoms with Gasteiger partial charge in [-0.1, -0.05) is 37.7 Å². The lowest BCUT2D eigenvalue weighted by Gasteiger charge is -2.29. The Morgan fingerprint density at radius 3 is 2.60 bits per heavy atom. The van der Waals surface area contributed by atoms with Crippen LogP contribution in [0.1, 0.15) is 39.5 Å². The van der Waals surface area contributed by atoms with Gasteiger partial charge in [-0.3, -0.25) is 14.5 Å². The van der Waals surface area contributed by atoms with Crippen molar-refractivity contribution >= 4 is 35.0 Å². The Balaban J connectivity index is 1.58. The Morgan fingerprint density at radius 1 is 1.10 bits per heavy atom. The van der Waals surface area contributed by atoms with Gasteiger partial charge in [0, 0.05) is 23.1 Å². The number of para-hydroxylation sites is 1. The summed E-state index contributed by atoms with van der Waals surface area (Å²) < 4.78 is 11.6. The molecule has 1 N–H and O–H groups in total. The van der Waals surface area contributed by atoms with Crippen molar-refractivity contribution < 1.29 is 19.1 Å². The molecule has 158 valence electrons. The largest absolute Gasteiger partial charge is 0.490 e. The maximum Gasteiger partial charge on any atom is 0.261 e. The molecule has 4 rings (SSSR count). The second-order valence-corrected chi connectivity index (χ2v) is 8.72. The number of rotatable bonds is 8. The van der Waals surface area contributed by atoms with Crippen LogP contribution in [0.3, 0.4) is 0 Å². The molecule has 6 nitrogen and oxygen atoms in total. The van der Waals surface area contributed by atoms with Gasteiger partial charge in [-0.2, -0.15) is 0 Å². The molecule has 0 bridgehead atoms. The molecular formula is C23H26N2O4S. The Hall–Kier alpha value is -2.67. The van der Waals surface area contributed by atoms with Gasteiger partial charge >= 0.3 is 0 Å². The molecular weight excluding hydrogens is 400 g/mol. The molecule has 0 aromatic heterocycles. The summed E-state index contributed by atoms with van der Waals surface area (Å²) in [6.45, 7) is 5.25. The van der Waals surface area contributed by atoms with Crippen LogP contribution >= 0.6 is 11.8 Å². The zero-order valence-electron chi connectivity index (χ0n) is 17.3. The number of carbonyl (C=O) groups excluding carboxylic acids is 2. The summed E-state index contributed by atoms with van der Waals surface area (Å²) >= 11 is 1.45. The number of nitrogens with one attached hydrogen (secondary N) is 1. The first-order valence-electron chi connectivity index (χ1n) is 10.4. The monoisotopic (exact) mass is 426 g/mol. The van der Waals surface area contributed by atoms with Crippen molar-refractivity contribution in [1.82, 2.24) is 0 Å². The predicted molar refractivity (Wildman–Crippen MR) is 118 cm³/mol. The van der Waals surface area contributed by atoms with Crippen molar-refractivity contribution in [1.29, 1.82) is 0 Å². The third-order valence-electron chi connectivity index (χ3n) is 5.15. The van der Waals surface area contributed by atoms with Crippen molar-refractivity contribution in [2.45, 2.75) is 49.3 Å². The fraction of sp³-hybridized carbons (Fsp3) is 0.391. The van der Waals surface area contributed by atoms with E-state index >= 15 is 0 Å². The van der Waals surface area contributed by atoms with Gasteiger partial charge in [0.05, 0.1) is 18.9 Å². The van der Waals surface area contributed by atoms with E-state index in [1.807, 2.05) is 50.2 Å². The number of thioether (sulfide) groups is 1. The molecule has 0 saturated carbocycles. The molecule has 1 saturated heterocycles. The summed E-state index contributed by atoms with van der Waals surface area (Å²) in [5.74, 6) is 1.07. The van der Waals surface area contributed by atoms with Gasteiger partial charge in [0.2, 0.25) is 5.91 Å². The van der Waals surface area contributed by atoms with E-state index in [-0.39, 0.29) is 11.8 Å². The van der Waals surface area contributed by atoms with Crippen LogP contribution in [0, 0.1) is 0 Å². The number of fused-ring (bicyclic) bond motifs is 3. The second-order valence-electron chi connectivity index (χ2n) is 7.40. The van der Waals surface area contributed by atoms with Gasteiger partial charge in [0.25, 0.3) is 5.91 Å². The highest BCUT2D eigenvalue weighted by Crippen LogP contribution is 2.56. The molecule has 2 heterocycles. The van der Waals surface area contributed by atoms with Crippen LogP contribution in [0.15, 0.2) is 47.4 Å². The maximum absolute atomic E-state index is 13.4. The van der Waals surface area contributed by atoms with Crippen LogP contribution in [0.25, 0.3) is 0 Å². The van der Waals surface area contributed by atoms with Crippen LogP contribution in [-0.4, -0.2) is 29.9 Å². The lowest BCUT2D eigenvalue weighted by Crippen LogP contribution is -2.49. The minimum Gasteiger partial charge on any atom is -0.490 e. The highest BCUT2D eigenvalue weighted by molar-refractivity contribution is 8.02. The van der Waals surface area contributed by atoms with Crippen LogP contribution in [0.5, 0.6) is 11.5 Å². The van der Waals surface area contributed by atoms with Gasteiger partial charge in [0.1, 0.15) is 0 Å². The Labute approximate surface area is 180 Å². The second kappa shape index (κ2) is 8.60. The van der Waals surface area contributed by atoms with E-state index in [0.717, 1.165) is 23.4 Å². The number of benzene rings is 2. The SMILES string of the molecule is CCCOc1ccc(NC(=O)C23CCC(=O)N2c2ccccc2S3)cc1OCCC. The van der Waals surface area contributed by atoms with Crippen molar-refractivity contribution in [2.24, 2.45) is 0 Å². The lowest BCUT2D eigenvalue weighted by molar-refractivity contribution is -0.121. The number of amides is 2. The molecule has 0 radical (unpaired) electrons. The normalized spacial score (nSPS) is 19.4. The van der Waals surface area contributed by atoms with Gasteiger partial charge < -0.3 is 14.8 Å². The zero-order chi connectivity index (χ0) is 21.1. The van der Waals surface area contributed by atoms with E-state index in [2.05, 4.69) is 5.32 Å². The number of hydrogen-bond donors (Lipinski definition) is 1. The van der Waals surface area contributed by atoms with Crippen molar-refractivity contribution in [2.75, 3.05) is 23.4 Å². The average Bonchev–Trinajstić information content (AvgIpc) is 3.27. The third-order valence-corrected chi connectivity index (χ3v) is 6.63. The number of nitrogens with zero attached hydrogens (tertiary/aromatic N) is 1. The minimum atomic E-state index is -0.942. The molecule has 2 aliphatic rings. The highest BCUT2D eigenvalue weighted by atomic mass is 32.2. The Morgan fingerprint density at radius 2 is 1.83 bits per heavy atom. The Kier molecular flexibility index (Phi) is 5.90. The minimum absolute atomic E-state index is 0.0159. The molecule has 2 aromatic carbocycles. The number of ether oxygens (including phenoxy) is 2. The molecule has 7 heteroatoms. The summed E-state index contributed by atoms with van der Waals surface area (Å²) in [5.41, 5.74) is 1.44. The molecule has 2 amide bonds.